The van der Waals surface area contributed by atoms with Gasteiger partial charge in [-0.2, -0.15) is 0 Å². The van der Waals surface area contributed by atoms with Crippen LogP contribution in [0.4, 0.5) is 0 Å². The minimum Gasteiger partial charge on any atom is -0.508 e. The Balaban J connectivity index is 2.52. The number of benzene rings is 1. The number of ether oxygens (including phenoxy) is 1. The molecule has 3 heteroatoms. The molecule has 0 bridgehead atoms. The van der Waals surface area contributed by atoms with E-state index in [1.807, 2.05) is 13.8 Å². The first-order chi connectivity index (χ1) is 8.80. The summed E-state index contributed by atoms with van der Waals surface area (Å²) >= 11 is 0. The van der Waals surface area contributed by atoms with Gasteiger partial charge in [-0.05, 0) is 56.9 Å². The zero-order chi connectivity index (χ0) is 14.5. The van der Waals surface area contributed by atoms with Crippen LogP contribution < -0.4 is 0 Å². The number of aromatic hydroxyl groups is 1. The second-order valence-electron chi connectivity index (χ2n) is 5.98. The summed E-state index contributed by atoms with van der Waals surface area (Å²) in [6.45, 7) is 8.25. The minimum absolute atomic E-state index is 0.146. The van der Waals surface area contributed by atoms with Gasteiger partial charge in [-0.3, -0.25) is 0 Å². The molecule has 1 N–H and O–H groups in total. The molecule has 0 aliphatic carbocycles. The summed E-state index contributed by atoms with van der Waals surface area (Å²) in [5, 5.41) is 9.19. The van der Waals surface area contributed by atoms with Gasteiger partial charge in [0.05, 0.1) is 5.56 Å². The maximum absolute atomic E-state index is 12.0. The molecule has 106 valence electrons. The number of hydrogen-bond acceptors (Lipinski definition) is 3. The molecule has 1 aromatic carbocycles. The Morgan fingerprint density at radius 1 is 1.26 bits per heavy atom. The third-order valence-corrected chi connectivity index (χ3v) is 3.03. The summed E-state index contributed by atoms with van der Waals surface area (Å²) in [4.78, 5) is 12.0. The Kier molecular flexibility index (Phi) is 5.40. The lowest BCUT2D eigenvalue weighted by atomic mass is 9.97. The van der Waals surface area contributed by atoms with Crippen molar-refractivity contribution in [3.8, 4) is 5.75 Å². The van der Waals surface area contributed by atoms with Gasteiger partial charge < -0.3 is 9.84 Å². The van der Waals surface area contributed by atoms with Crippen LogP contribution in [-0.2, 0) is 4.74 Å². The van der Waals surface area contributed by atoms with E-state index in [-0.39, 0.29) is 11.7 Å². The molecule has 0 aliphatic heterocycles. The van der Waals surface area contributed by atoms with E-state index in [1.165, 1.54) is 12.1 Å². The van der Waals surface area contributed by atoms with E-state index in [0.29, 0.717) is 11.5 Å². The highest BCUT2D eigenvalue weighted by atomic mass is 16.6. The lowest BCUT2D eigenvalue weighted by molar-refractivity contribution is -0.00572. The fourth-order valence-corrected chi connectivity index (χ4v) is 1.89. The van der Waals surface area contributed by atoms with E-state index in [9.17, 15) is 9.90 Å². The van der Waals surface area contributed by atoms with Gasteiger partial charge in [-0.1, -0.05) is 20.3 Å². The molecule has 0 radical (unpaired) electrons. The number of carbonyl (C=O) groups is 1. The van der Waals surface area contributed by atoms with Crippen molar-refractivity contribution in [2.45, 2.75) is 52.6 Å². The second kappa shape index (κ2) is 6.60. The van der Waals surface area contributed by atoms with Gasteiger partial charge in [0, 0.05) is 0 Å². The molecule has 0 atom stereocenters. The number of phenolic OH excluding ortho intramolecular Hbond substituents is 1. The van der Waals surface area contributed by atoms with Crippen LogP contribution in [0.3, 0.4) is 0 Å². The zero-order valence-electron chi connectivity index (χ0n) is 12.3. The van der Waals surface area contributed by atoms with E-state index in [4.69, 9.17) is 4.74 Å². The molecule has 1 aromatic rings. The van der Waals surface area contributed by atoms with Crippen molar-refractivity contribution >= 4 is 5.97 Å². The molecule has 0 aromatic heterocycles. The average Bonchev–Trinajstić information content (AvgIpc) is 2.28. The van der Waals surface area contributed by atoms with Gasteiger partial charge in [-0.15, -0.1) is 0 Å². The van der Waals surface area contributed by atoms with Crippen LogP contribution in [0.25, 0.3) is 0 Å². The molecular formula is C16H24O3. The first kappa shape index (κ1) is 15.5. The first-order valence-corrected chi connectivity index (χ1v) is 6.82. The molecule has 19 heavy (non-hydrogen) atoms. The van der Waals surface area contributed by atoms with E-state index in [2.05, 4.69) is 13.8 Å². The molecule has 0 saturated carbocycles. The molecular weight excluding hydrogens is 240 g/mol. The molecule has 0 heterocycles. The van der Waals surface area contributed by atoms with Crippen LogP contribution in [0, 0.1) is 5.92 Å². The van der Waals surface area contributed by atoms with E-state index in [0.717, 1.165) is 19.3 Å². The topological polar surface area (TPSA) is 46.5 Å². The van der Waals surface area contributed by atoms with E-state index < -0.39 is 5.60 Å². The number of hydrogen-bond donors (Lipinski definition) is 1. The van der Waals surface area contributed by atoms with Gasteiger partial charge in [-0.25, -0.2) is 4.79 Å². The van der Waals surface area contributed by atoms with Gasteiger partial charge in [0.25, 0.3) is 0 Å². The van der Waals surface area contributed by atoms with Crippen LogP contribution in [0.1, 0.15) is 57.3 Å². The summed E-state index contributed by atoms with van der Waals surface area (Å²) in [6, 6.07) is 6.12. The summed E-state index contributed by atoms with van der Waals surface area (Å²) in [5.74, 6) is 0.478. The maximum atomic E-state index is 12.0. The predicted molar refractivity (Wildman–Crippen MR) is 76.3 cm³/mol. The monoisotopic (exact) mass is 264 g/mol. The largest absolute Gasteiger partial charge is 0.508 e. The molecule has 0 fully saturated rings. The number of carbonyl (C=O) groups excluding carboxylic acids is 1. The molecule has 0 spiro atoms. The highest BCUT2D eigenvalue weighted by Gasteiger charge is 2.23. The first-order valence-electron chi connectivity index (χ1n) is 6.82. The lowest BCUT2D eigenvalue weighted by Gasteiger charge is -2.25. The molecule has 0 amide bonds. The summed E-state index contributed by atoms with van der Waals surface area (Å²) in [5.41, 5.74) is 0.0128. The van der Waals surface area contributed by atoms with Crippen LogP contribution in [-0.4, -0.2) is 16.7 Å². The van der Waals surface area contributed by atoms with Gasteiger partial charge >= 0.3 is 5.97 Å². The van der Waals surface area contributed by atoms with E-state index in [1.54, 1.807) is 12.1 Å². The second-order valence-corrected chi connectivity index (χ2v) is 5.98. The predicted octanol–water partition coefficient (Wildman–Crippen LogP) is 4.15. The normalized spacial score (nSPS) is 11.6. The molecule has 0 aliphatic rings. The quantitative estimate of drug-likeness (QED) is 0.785. The van der Waals surface area contributed by atoms with Crippen molar-refractivity contribution in [1.29, 1.82) is 0 Å². The van der Waals surface area contributed by atoms with Gasteiger partial charge in [0.1, 0.15) is 11.4 Å². The Hall–Kier alpha value is -1.51. The Bertz CT molecular complexity index is 405. The SMILES string of the molecule is CC(C)CCCC(C)(C)OC(=O)c1ccc(O)cc1. The van der Waals surface area contributed by atoms with Crippen LogP contribution in [0.5, 0.6) is 5.75 Å². The fourth-order valence-electron chi connectivity index (χ4n) is 1.89. The number of esters is 1. The van der Waals surface area contributed by atoms with Crippen LogP contribution >= 0.6 is 0 Å². The number of rotatable bonds is 6. The molecule has 0 unspecified atom stereocenters. The molecule has 3 nitrogen and oxygen atoms in total. The highest BCUT2D eigenvalue weighted by molar-refractivity contribution is 5.89. The number of phenols is 1. The van der Waals surface area contributed by atoms with Gasteiger partial charge in [0.15, 0.2) is 0 Å². The van der Waals surface area contributed by atoms with Crippen molar-refractivity contribution in [3.63, 3.8) is 0 Å². The van der Waals surface area contributed by atoms with Crippen LogP contribution in [0.2, 0.25) is 0 Å². The Morgan fingerprint density at radius 2 is 1.84 bits per heavy atom. The molecule has 0 saturated heterocycles. The maximum Gasteiger partial charge on any atom is 0.338 e. The Labute approximate surface area is 115 Å². The summed E-state index contributed by atoms with van der Waals surface area (Å²) < 4.78 is 5.53. The van der Waals surface area contributed by atoms with Crippen molar-refractivity contribution in [3.05, 3.63) is 29.8 Å². The third-order valence-electron chi connectivity index (χ3n) is 3.03. The van der Waals surface area contributed by atoms with Gasteiger partial charge in [0.2, 0.25) is 0 Å². The Morgan fingerprint density at radius 3 is 2.37 bits per heavy atom. The average molecular weight is 264 g/mol. The van der Waals surface area contributed by atoms with Crippen molar-refractivity contribution in [1.82, 2.24) is 0 Å². The van der Waals surface area contributed by atoms with E-state index >= 15 is 0 Å². The van der Waals surface area contributed by atoms with Crippen LogP contribution in [0.15, 0.2) is 24.3 Å². The summed E-state index contributed by atoms with van der Waals surface area (Å²) in [6.07, 6.45) is 3.04. The van der Waals surface area contributed by atoms with Crippen molar-refractivity contribution in [2.75, 3.05) is 0 Å². The minimum atomic E-state index is -0.455. The summed E-state index contributed by atoms with van der Waals surface area (Å²) in [7, 11) is 0. The smallest absolute Gasteiger partial charge is 0.338 e. The standard InChI is InChI=1S/C16H24O3/c1-12(2)6-5-11-16(3,4)19-15(18)13-7-9-14(17)10-8-13/h7-10,12,17H,5-6,11H2,1-4H3. The lowest BCUT2D eigenvalue weighted by Crippen LogP contribution is -2.28. The molecule has 1 rings (SSSR count). The highest BCUT2D eigenvalue weighted by Crippen LogP contribution is 2.22. The zero-order valence-corrected chi connectivity index (χ0v) is 12.3. The fraction of sp³-hybridized carbons (Fsp3) is 0.562. The third kappa shape index (κ3) is 5.77. The van der Waals surface area contributed by atoms with Crippen molar-refractivity contribution < 1.29 is 14.6 Å². The van der Waals surface area contributed by atoms with Crippen molar-refractivity contribution in [2.24, 2.45) is 5.92 Å².